The van der Waals surface area contributed by atoms with Gasteiger partial charge in [-0.05, 0) is 55.7 Å². The van der Waals surface area contributed by atoms with Crippen LogP contribution in [0.4, 0.5) is 0 Å². The van der Waals surface area contributed by atoms with Crippen LogP contribution in [-0.2, 0) is 6.54 Å². The monoisotopic (exact) mass is 246 g/mol. The Balaban J connectivity index is 1.45. The maximum Gasteiger partial charge on any atom is 0.110 e. The van der Waals surface area contributed by atoms with Crippen molar-refractivity contribution in [1.29, 1.82) is 5.26 Å². The molecule has 2 fully saturated rings. The molecule has 2 saturated carbocycles. The lowest BCUT2D eigenvalue weighted by Gasteiger charge is -2.21. The molecule has 90 valence electrons. The third-order valence-electron chi connectivity index (χ3n) is 4.36. The molecule has 3 rings (SSSR count). The molecule has 0 radical (unpaired) electrons. The Morgan fingerprint density at radius 1 is 1.35 bits per heavy atom. The van der Waals surface area contributed by atoms with E-state index in [-0.39, 0.29) is 0 Å². The zero-order valence-electron chi connectivity index (χ0n) is 9.98. The van der Waals surface area contributed by atoms with Gasteiger partial charge in [0.1, 0.15) is 10.9 Å². The largest absolute Gasteiger partial charge is 0.312 e. The summed E-state index contributed by atoms with van der Waals surface area (Å²) in [4.78, 5) is 2.10. The van der Waals surface area contributed by atoms with Crippen LogP contribution in [0.1, 0.15) is 35.4 Å². The van der Waals surface area contributed by atoms with Crippen LogP contribution in [0, 0.1) is 29.1 Å². The standard InChI is InChI=1S/C14H18N2S/c15-7-13-3-4-14(17-13)9-16-8-12-6-10-1-2-11(12)5-10/h3-4,10-12,16H,1-2,5-6,8-9H2. The fourth-order valence-corrected chi connectivity index (χ4v) is 4.31. The second kappa shape index (κ2) is 4.80. The normalized spacial score (nSPS) is 30.6. The molecule has 0 aliphatic heterocycles. The van der Waals surface area contributed by atoms with E-state index in [1.807, 2.05) is 6.07 Å². The van der Waals surface area contributed by atoms with Gasteiger partial charge in [-0.3, -0.25) is 0 Å². The summed E-state index contributed by atoms with van der Waals surface area (Å²) in [6, 6.07) is 6.17. The van der Waals surface area contributed by atoms with E-state index in [2.05, 4.69) is 17.5 Å². The van der Waals surface area contributed by atoms with Crippen molar-refractivity contribution in [3.8, 4) is 6.07 Å². The summed E-state index contributed by atoms with van der Waals surface area (Å²) < 4.78 is 0. The van der Waals surface area contributed by atoms with Crippen molar-refractivity contribution in [3.05, 3.63) is 21.9 Å². The van der Waals surface area contributed by atoms with Crippen LogP contribution in [0.15, 0.2) is 12.1 Å². The van der Waals surface area contributed by atoms with Crippen LogP contribution >= 0.6 is 11.3 Å². The highest BCUT2D eigenvalue weighted by molar-refractivity contribution is 7.12. The molecule has 2 aliphatic carbocycles. The summed E-state index contributed by atoms with van der Waals surface area (Å²) in [6.07, 6.45) is 5.89. The molecule has 0 saturated heterocycles. The number of nitriles is 1. The van der Waals surface area contributed by atoms with Crippen LogP contribution in [0.3, 0.4) is 0 Å². The highest BCUT2D eigenvalue weighted by atomic mass is 32.1. The van der Waals surface area contributed by atoms with E-state index in [1.54, 1.807) is 11.3 Å². The summed E-state index contributed by atoms with van der Waals surface area (Å²) in [5, 5.41) is 12.3. The number of nitrogens with zero attached hydrogens (tertiary/aromatic N) is 1. The summed E-state index contributed by atoms with van der Waals surface area (Å²) in [7, 11) is 0. The Hall–Kier alpha value is -0.850. The van der Waals surface area contributed by atoms with Gasteiger partial charge in [-0.15, -0.1) is 11.3 Å². The van der Waals surface area contributed by atoms with Gasteiger partial charge in [0.15, 0.2) is 0 Å². The molecule has 0 spiro atoms. The van der Waals surface area contributed by atoms with Gasteiger partial charge >= 0.3 is 0 Å². The van der Waals surface area contributed by atoms with Gasteiger partial charge in [0.25, 0.3) is 0 Å². The third-order valence-corrected chi connectivity index (χ3v) is 5.35. The van der Waals surface area contributed by atoms with Crippen molar-refractivity contribution in [3.63, 3.8) is 0 Å². The predicted molar refractivity (Wildman–Crippen MR) is 69.7 cm³/mol. The van der Waals surface area contributed by atoms with Crippen LogP contribution in [0.5, 0.6) is 0 Å². The zero-order chi connectivity index (χ0) is 11.7. The second-order valence-corrected chi connectivity index (χ2v) is 6.61. The smallest absolute Gasteiger partial charge is 0.110 e. The molecule has 2 bridgehead atoms. The van der Waals surface area contributed by atoms with Gasteiger partial charge in [0.2, 0.25) is 0 Å². The minimum Gasteiger partial charge on any atom is -0.312 e. The van der Waals surface area contributed by atoms with E-state index in [1.165, 1.54) is 37.1 Å². The van der Waals surface area contributed by atoms with Gasteiger partial charge in [-0.2, -0.15) is 5.26 Å². The Labute approximate surface area is 107 Å². The molecule has 1 N–H and O–H groups in total. The van der Waals surface area contributed by atoms with Crippen molar-refractivity contribution in [2.24, 2.45) is 17.8 Å². The summed E-state index contributed by atoms with van der Waals surface area (Å²) in [5.41, 5.74) is 0. The fraction of sp³-hybridized carbons (Fsp3) is 0.643. The van der Waals surface area contributed by atoms with E-state index in [0.717, 1.165) is 29.2 Å². The molecule has 17 heavy (non-hydrogen) atoms. The molecule has 3 unspecified atom stereocenters. The average Bonchev–Trinajstić information content (AvgIpc) is 3.04. The minimum atomic E-state index is 0.821. The van der Waals surface area contributed by atoms with Crippen molar-refractivity contribution < 1.29 is 0 Å². The van der Waals surface area contributed by atoms with E-state index in [0.29, 0.717) is 0 Å². The average molecular weight is 246 g/mol. The molecule has 3 heteroatoms. The highest BCUT2D eigenvalue weighted by Gasteiger charge is 2.38. The maximum atomic E-state index is 8.76. The van der Waals surface area contributed by atoms with Gasteiger partial charge in [-0.1, -0.05) is 6.42 Å². The number of hydrogen-bond acceptors (Lipinski definition) is 3. The number of thiophene rings is 1. The van der Waals surface area contributed by atoms with Crippen LogP contribution in [-0.4, -0.2) is 6.54 Å². The SMILES string of the molecule is N#Cc1ccc(CNCC2CC3CCC2C3)s1. The van der Waals surface area contributed by atoms with E-state index in [4.69, 9.17) is 5.26 Å². The van der Waals surface area contributed by atoms with E-state index >= 15 is 0 Å². The first kappa shape index (κ1) is 11.3. The van der Waals surface area contributed by atoms with Crippen molar-refractivity contribution >= 4 is 11.3 Å². The molecule has 3 atom stereocenters. The first-order valence-corrected chi connectivity index (χ1v) is 7.36. The molecule has 0 amide bonds. The Bertz CT molecular complexity index is 432. The van der Waals surface area contributed by atoms with Gasteiger partial charge in [0.05, 0.1) is 0 Å². The van der Waals surface area contributed by atoms with Crippen LogP contribution < -0.4 is 5.32 Å². The Morgan fingerprint density at radius 3 is 2.94 bits per heavy atom. The maximum absolute atomic E-state index is 8.76. The predicted octanol–water partition coefficient (Wildman–Crippen LogP) is 3.15. The van der Waals surface area contributed by atoms with Crippen molar-refractivity contribution in [2.45, 2.75) is 32.2 Å². The quantitative estimate of drug-likeness (QED) is 0.886. The van der Waals surface area contributed by atoms with E-state index in [9.17, 15) is 0 Å². The van der Waals surface area contributed by atoms with E-state index < -0.39 is 0 Å². The molecule has 2 aliphatic rings. The highest BCUT2D eigenvalue weighted by Crippen LogP contribution is 2.47. The lowest BCUT2D eigenvalue weighted by Crippen LogP contribution is -2.25. The first-order chi connectivity index (χ1) is 8.35. The van der Waals surface area contributed by atoms with Crippen molar-refractivity contribution in [2.75, 3.05) is 6.54 Å². The molecule has 2 nitrogen and oxygen atoms in total. The zero-order valence-corrected chi connectivity index (χ0v) is 10.8. The number of hydrogen-bond donors (Lipinski definition) is 1. The van der Waals surface area contributed by atoms with Crippen LogP contribution in [0.25, 0.3) is 0 Å². The Kier molecular flexibility index (Phi) is 3.17. The minimum absolute atomic E-state index is 0.821. The molecule has 1 heterocycles. The van der Waals surface area contributed by atoms with Crippen LogP contribution in [0.2, 0.25) is 0 Å². The third kappa shape index (κ3) is 2.38. The molecule has 0 aromatic carbocycles. The summed E-state index contributed by atoms with van der Waals surface area (Å²) in [5.74, 6) is 2.97. The molecular weight excluding hydrogens is 228 g/mol. The number of rotatable bonds is 4. The van der Waals surface area contributed by atoms with Gasteiger partial charge < -0.3 is 5.32 Å². The number of fused-ring (bicyclic) bond motifs is 2. The number of nitrogens with one attached hydrogen (secondary N) is 1. The molecule has 1 aromatic heterocycles. The fourth-order valence-electron chi connectivity index (χ4n) is 3.54. The second-order valence-electron chi connectivity index (χ2n) is 5.44. The summed E-state index contributed by atoms with van der Waals surface area (Å²) >= 11 is 1.61. The Morgan fingerprint density at radius 2 is 2.29 bits per heavy atom. The molecular formula is C14H18N2S. The van der Waals surface area contributed by atoms with Crippen molar-refractivity contribution in [1.82, 2.24) is 5.32 Å². The topological polar surface area (TPSA) is 35.8 Å². The lowest BCUT2D eigenvalue weighted by molar-refractivity contribution is 0.319. The lowest BCUT2D eigenvalue weighted by atomic mass is 9.89. The van der Waals surface area contributed by atoms with Gasteiger partial charge in [-0.25, -0.2) is 0 Å². The first-order valence-electron chi connectivity index (χ1n) is 6.54. The molecule has 1 aromatic rings. The van der Waals surface area contributed by atoms with Gasteiger partial charge in [0, 0.05) is 11.4 Å². The summed E-state index contributed by atoms with van der Waals surface area (Å²) in [6.45, 7) is 2.10.